The van der Waals surface area contributed by atoms with Crippen LogP contribution < -0.4 is 38.5 Å². The predicted molar refractivity (Wildman–Crippen MR) is 145 cm³/mol. The highest BCUT2D eigenvalue weighted by atomic mass is 16.4. The van der Waals surface area contributed by atoms with Crippen molar-refractivity contribution in [3.63, 3.8) is 0 Å². The number of guanidine groups is 1. The molecule has 0 aliphatic heterocycles. The summed E-state index contributed by atoms with van der Waals surface area (Å²) in [4.78, 5) is 76.3. The van der Waals surface area contributed by atoms with Crippen molar-refractivity contribution in [2.75, 3.05) is 19.7 Å². The monoisotopic (exact) mass is 596 g/mol. The van der Waals surface area contributed by atoms with Gasteiger partial charge in [-0.1, -0.05) is 12.1 Å². The van der Waals surface area contributed by atoms with Crippen LogP contribution in [0.5, 0.6) is 5.75 Å². The lowest BCUT2D eigenvalue weighted by Gasteiger charge is -2.22. The van der Waals surface area contributed by atoms with Crippen molar-refractivity contribution in [1.82, 2.24) is 21.3 Å². The van der Waals surface area contributed by atoms with Gasteiger partial charge in [-0.3, -0.25) is 29.0 Å². The van der Waals surface area contributed by atoms with E-state index in [1.54, 1.807) is 12.1 Å². The Kier molecular flexibility index (Phi) is 14.7. The number of aromatic hydroxyl groups is 1. The molecule has 4 atom stereocenters. The van der Waals surface area contributed by atoms with Gasteiger partial charge in [0.05, 0.1) is 25.6 Å². The Hall–Kier alpha value is -4.97. The standard InChI is InChI=1S/C24H36N8O10/c25-14(8-12-3-5-13(34)6-4-12)20(38)31-15(2-1-7-28-24(26)27)21(39)29-10-18(35)30-16(9-19(36)37)22(40)32-17(11-33)23(41)42/h3-6,14-17,33-34H,1-2,7-11,25H2,(H,29,39)(H,30,35)(H,31,38)(H,32,40)(H,36,37)(H,41,42)(H4,26,27,28)/t14-,15+,16+,17+/m1/s1. The van der Waals surface area contributed by atoms with Crippen LogP contribution in [0.25, 0.3) is 0 Å². The molecule has 0 aromatic heterocycles. The molecule has 0 spiro atoms. The third kappa shape index (κ3) is 13.4. The van der Waals surface area contributed by atoms with Crippen LogP contribution in [0.4, 0.5) is 0 Å². The highest BCUT2D eigenvalue weighted by Crippen LogP contribution is 2.11. The highest BCUT2D eigenvalue weighted by Gasteiger charge is 2.29. The molecular formula is C24H36N8O10. The van der Waals surface area contributed by atoms with Crippen LogP contribution in [0.15, 0.2) is 29.3 Å². The minimum Gasteiger partial charge on any atom is -0.508 e. The SMILES string of the molecule is NC(N)=NCCC[C@H](NC(=O)[C@H](N)Cc1ccc(O)cc1)C(=O)NCC(=O)N[C@@H](CC(=O)O)C(=O)N[C@@H](CO)C(=O)O. The maximum atomic E-state index is 12.9. The molecule has 0 heterocycles. The lowest BCUT2D eigenvalue weighted by molar-refractivity contribution is -0.144. The number of nitrogens with one attached hydrogen (secondary N) is 4. The number of benzene rings is 1. The van der Waals surface area contributed by atoms with Gasteiger partial charge in [0.1, 0.15) is 23.9 Å². The van der Waals surface area contributed by atoms with E-state index in [9.17, 15) is 33.9 Å². The number of aliphatic hydroxyl groups is 1. The maximum Gasteiger partial charge on any atom is 0.328 e. The molecule has 0 aliphatic rings. The molecular weight excluding hydrogens is 560 g/mol. The number of aliphatic carboxylic acids is 2. The fraction of sp³-hybridized carbons (Fsp3) is 0.458. The van der Waals surface area contributed by atoms with E-state index < -0.39 is 79.3 Å². The molecule has 0 unspecified atom stereocenters. The molecule has 0 saturated heterocycles. The number of hydrogen-bond acceptors (Lipinski definition) is 10. The van der Waals surface area contributed by atoms with Gasteiger partial charge < -0.3 is 58.9 Å². The molecule has 0 fully saturated rings. The van der Waals surface area contributed by atoms with Crippen molar-refractivity contribution in [1.29, 1.82) is 0 Å². The number of aliphatic imine (C=N–C) groups is 1. The van der Waals surface area contributed by atoms with Crippen molar-refractivity contribution in [2.45, 2.75) is 49.9 Å². The van der Waals surface area contributed by atoms with Gasteiger partial charge in [0.2, 0.25) is 23.6 Å². The number of phenols is 1. The Morgan fingerprint density at radius 1 is 0.857 bits per heavy atom. The quantitative estimate of drug-likeness (QED) is 0.0432. The molecule has 4 amide bonds. The van der Waals surface area contributed by atoms with E-state index in [1.807, 2.05) is 5.32 Å². The molecule has 18 nitrogen and oxygen atoms in total. The van der Waals surface area contributed by atoms with Gasteiger partial charge in [-0.05, 0) is 37.0 Å². The zero-order valence-electron chi connectivity index (χ0n) is 22.5. The molecule has 1 rings (SSSR count). The van der Waals surface area contributed by atoms with Gasteiger partial charge >= 0.3 is 11.9 Å². The van der Waals surface area contributed by atoms with Crippen LogP contribution in [0.1, 0.15) is 24.8 Å². The van der Waals surface area contributed by atoms with E-state index in [0.29, 0.717) is 5.56 Å². The molecule has 0 bridgehead atoms. The molecule has 42 heavy (non-hydrogen) atoms. The van der Waals surface area contributed by atoms with Gasteiger partial charge in [-0.2, -0.15) is 0 Å². The topological polar surface area (TPSA) is 322 Å². The molecule has 18 heteroatoms. The highest BCUT2D eigenvalue weighted by molar-refractivity contribution is 5.95. The normalized spacial score (nSPS) is 13.4. The van der Waals surface area contributed by atoms with Crippen LogP contribution in [0, 0.1) is 0 Å². The summed E-state index contributed by atoms with van der Waals surface area (Å²) in [6, 6.07) is 0.259. The Morgan fingerprint density at radius 3 is 2.02 bits per heavy atom. The number of carboxylic acid groups (broad SMARTS) is 2. The summed E-state index contributed by atoms with van der Waals surface area (Å²) >= 11 is 0. The molecule has 1 aromatic carbocycles. The first kappa shape index (κ1) is 35.1. The zero-order chi connectivity index (χ0) is 31.8. The van der Waals surface area contributed by atoms with Crippen LogP contribution in [-0.4, -0.2) is 106 Å². The van der Waals surface area contributed by atoms with E-state index in [4.69, 9.17) is 32.5 Å². The van der Waals surface area contributed by atoms with Gasteiger partial charge in [-0.25, -0.2) is 4.79 Å². The number of aliphatic hydroxyl groups excluding tert-OH is 1. The number of nitrogens with two attached hydrogens (primary N) is 3. The number of carbonyl (C=O) groups is 6. The zero-order valence-corrected chi connectivity index (χ0v) is 22.5. The van der Waals surface area contributed by atoms with E-state index >= 15 is 0 Å². The van der Waals surface area contributed by atoms with E-state index in [2.05, 4.69) is 20.9 Å². The first-order chi connectivity index (χ1) is 19.7. The van der Waals surface area contributed by atoms with E-state index in [-0.39, 0.29) is 37.5 Å². The summed E-state index contributed by atoms with van der Waals surface area (Å²) in [6.07, 6.45) is -0.565. The van der Waals surface area contributed by atoms with Crippen LogP contribution in [-0.2, 0) is 35.2 Å². The average molecular weight is 597 g/mol. The minimum absolute atomic E-state index is 0.0304. The van der Waals surface area contributed by atoms with Gasteiger partial charge in [-0.15, -0.1) is 0 Å². The molecule has 0 aliphatic carbocycles. The maximum absolute atomic E-state index is 12.9. The van der Waals surface area contributed by atoms with Crippen molar-refractivity contribution in [3.05, 3.63) is 29.8 Å². The van der Waals surface area contributed by atoms with E-state index in [1.165, 1.54) is 12.1 Å². The Labute approximate surface area is 239 Å². The fourth-order valence-electron chi connectivity index (χ4n) is 3.41. The molecule has 232 valence electrons. The smallest absolute Gasteiger partial charge is 0.328 e. The summed E-state index contributed by atoms with van der Waals surface area (Å²) in [6.45, 7) is -1.61. The third-order valence-corrected chi connectivity index (χ3v) is 5.56. The number of hydrogen-bond donors (Lipinski definition) is 11. The Bertz CT molecular complexity index is 1140. The van der Waals surface area contributed by atoms with E-state index in [0.717, 1.165) is 0 Å². The number of amides is 4. The molecule has 1 aromatic rings. The van der Waals surface area contributed by atoms with Crippen LogP contribution in [0.2, 0.25) is 0 Å². The lowest BCUT2D eigenvalue weighted by atomic mass is 10.0. The lowest BCUT2D eigenvalue weighted by Crippen LogP contribution is -2.56. The second-order valence-electron chi connectivity index (χ2n) is 9.00. The second kappa shape index (κ2) is 17.7. The first-order valence-electron chi connectivity index (χ1n) is 12.6. The van der Waals surface area contributed by atoms with Crippen molar-refractivity contribution in [3.8, 4) is 5.75 Å². The number of carbonyl (C=O) groups excluding carboxylic acids is 4. The summed E-state index contributed by atoms with van der Waals surface area (Å²) in [7, 11) is 0. The molecule has 0 radical (unpaired) electrons. The average Bonchev–Trinajstić information content (AvgIpc) is 2.91. The number of carboxylic acids is 2. The number of rotatable bonds is 18. The second-order valence-corrected chi connectivity index (χ2v) is 9.00. The summed E-state index contributed by atoms with van der Waals surface area (Å²) in [5.74, 6) is -6.93. The number of nitrogens with zero attached hydrogens (tertiary/aromatic N) is 1. The summed E-state index contributed by atoms with van der Waals surface area (Å²) < 4.78 is 0. The van der Waals surface area contributed by atoms with Crippen molar-refractivity contribution >= 4 is 41.5 Å². The van der Waals surface area contributed by atoms with Crippen LogP contribution in [0.3, 0.4) is 0 Å². The molecule has 0 saturated carbocycles. The third-order valence-electron chi connectivity index (χ3n) is 5.56. The molecule has 14 N–H and O–H groups in total. The fourth-order valence-corrected chi connectivity index (χ4v) is 3.41. The summed E-state index contributed by atoms with van der Waals surface area (Å²) in [5.41, 5.74) is 17.2. The summed E-state index contributed by atoms with van der Waals surface area (Å²) in [5, 5.41) is 45.2. The number of phenolic OH excluding ortho intramolecular Hbond substituents is 1. The Balaban J connectivity index is 2.86. The largest absolute Gasteiger partial charge is 0.508 e. The first-order valence-corrected chi connectivity index (χ1v) is 12.6. The van der Waals surface area contributed by atoms with Crippen molar-refractivity contribution in [2.24, 2.45) is 22.2 Å². The van der Waals surface area contributed by atoms with Gasteiger partial charge in [0, 0.05) is 6.54 Å². The predicted octanol–water partition coefficient (Wildman–Crippen LogP) is -4.56. The Morgan fingerprint density at radius 2 is 1.48 bits per heavy atom. The van der Waals surface area contributed by atoms with Gasteiger partial charge in [0.15, 0.2) is 5.96 Å². The van der Waals surface area contributed by atoms with Crippen LogP contribution >= 0.6 is 0 Å². The van der Waals surface area contributed by atoms with Gasteiger partial charge in [0.25, 0.3) is 0 Å². The minimum atomic E-state index is -1.74. The van der Waals surface area contributed by atoms with Crippen molar-refractivity contribution < 1.29 is 49.2 Å².